The molecule has 1 aromatic carbocycles. The Morgan fingerprint density at radius 3 is 2.69 bits per heavy atom. The van der Waals surface area contributed by atoms with Crippen LogP contribution < -0.4 is 5.32 Å². The zero-order chi connectivity index (χ0) is 20.9. The highest BCUT2D eigenvalue weighted by molar-refractivity contribution is 8.00. The van der Waals surface area contributed by atoms with Crippen LogP contribution in [0.3, 0.4) is 0 Å². The van der Waals surface area contributed by atoms with Crippen molar-refractivity contribution in [3.63, 3.8) is 0 Å². The molecule has 0 bridgehead atoms. The van der Waals surface area contributed by atoms with Crippen LogP contribution in [-0.4, -0.2) is 15.9 Å². The van der Waals surface area contributed by atoms with Crippen LogP contribution in [0, 0.1) is 11.3 Å². The van der Waals surface area contributed by atoms with Crippen LogP contribution in [0.2, 0.25) is 0 Å². The quantitative estimate of drug-likeness (QED) is 0.456. The van der Waals surface area contributed by atoms with Crippen molar-refractivity contribution in [2.75, 3.05) is 5.32 Å². The zero-order valence-corrected chi connectivity index (χ0v) is 18.9. The number of hydrogen-bond acceptors (Lipinski definition) is 6. The first-order chi connectivity index (χ1) is 13.8. The standard InChI is InChI=1S/C22H27N3O2S2/c1-15(10-16-8-6-5-7-9-16)20(26)25-21-24-13-19(29-21)28-14-18-23-12-17(27-18)11-22(2,3)4/h5-9,12-13,15H,10-11,14H2,1-4H3,(H,24,25,26). The number of rotatable bonds is 8. The highest BCUT2D eigenvalue weighted by Crippen LogP contribution is 2.31. The molecule has 1 amide bonds. The van der Waals surface area contributed by atoms with Gasteiger partial charge in [-0.3, -0.25) is 4.79 Å². The van der Waals surface area contributed by atoms with Gasteiger partial charge in [-0.1, -0.05) is 69.4 Å². The van der Waals surface area contributed by atoms with Crippen molar-refractivity contribution in [3.8, 4) is 0 Å². The minimum Gasteiger partial charge on any atom is -0.445 e. The molecular formula is C22H27N3O2S2. The van der Waals surface area contributed by atoms with Gasteiger partial charge in [-0.15, -0.1) is 11.8 Å². The molecule has 7 heteroatoms. The van der Waals surface area contributed by atoms with Gasteiger partial charge in [-0.05, 0) is 17.4 Å². The lowest BCUT2D eigenvalue weighted by atomic mass is 9.91. The molecule has 0 radical (unpaired) electrons. The number of nitrogens with one attached hydrogen (secondary N) is 1. The normalized spacial score (nSPS) is 12.7. The van der Waals surface area contributed by atoms with E-state index < -0.39 is 0 Å². The number of carbonyl (C=O) groups is 1. The van der Waals surface area contributed by atoms with Crippen molar-refractivity contribution in [2.24, 2.45) is 11.3 Å². The van der Waals surface area contributed by atoms with Crippen LogP contribution in [0.15, 0.2) is 51.4 Å². The van der Waals surface area contributed by atoms with E-state index in [1.165, 1.54) is 11.3 Å². The molecule has 0 saturated carbocycles. The second kappa shape index (κ2) is 9.59. The van der Waals surface area contributed by atoms with Crippen molar-refractivity contribution >= 4 is 34.1 Å². The maximum absolute atomic E-state index is 12.4. The summed E-state index contributed by atoms with van der Waals surface area (Å²) in [5.41, 5.74) is 1.33. The molecule has 2 heterocycles. The number of benzene rings is 1. The van der Waals surface area contributed by atoms with E-state index in [0.717, 1.165) is 22.0 Å². The van der Waals surface area contributed by atoms with Crippen molar-refractivity contribution in [2.45, 2.75) is 50.5 Å². The van der Waals surface area contributed by atoms with E-state index in [2.05, 4.69) is 36.1 Å². The molecule has 29 heavy (non-hydrogen) atoms. The largest absolute Gasteiger partial charge is 0.445 e. The number of amides is 1. The molecule has 0 saturated heterocycles. The number of carbonyl (C=O) groups excluding carboxylic acids is 1. The number of hydrogen-bond donors (Lipinski definition) is 1. The number of aromatic nitrogens is 2. The maximum Gasteiger partial charge on any atom is 0.229 e. The van der Waals surface area contributed by atoms with Crippen LogP contribution in [0.5, 0.6) is 0 Å². The van der Waals surface area contributed by atoms with E-state index >= 15 is 0 Å². The number of nitrogens with zero attached hydrogens (tertiary/aromatic N) is 2. The first kappa shape index (κ1) is 21.6. The first-order valence-electron chi connectivity index (χ1n) is 9.65. The number of oxazole rings is 1. The molecule has 2 aromatic heterocycles. The predicted octanol–water partition coefficient (Wildman–Crippen LogP) is 5.83. The highest BCUT2D eigenvalue weighted by Gasteiger charge is 2.17. The third kappa shape index (κ3) is 7.01. The van der Waals surface area contributed by atoms with Gasteiger partial charge in [-0.25, -0.2) is 9.97 Å². The Morgan fingerprint density at radius 2 is 1.97 bits per heavy atom. The van der Waals surface area contributed by atoms with Gasteiger partial charge < -0.3 is 9.73 Å². The Hall–Kier alpha value is -2.12. The SMILES string of the molecule is CC(Cc1ccccc1)C(=O)Nc1ncc(SCc2ncc(CC(C)(C)C)o2)s1. The summed E-state index contributed by atoms with van der Waals surface area (Å²) in [5.74, 6) is 2.14. The molecule has 0 fully saturated rings. The lowest BCUT2D eigenvalue weighted by Gasteiger charge is -2.15. The molecule has 1 unspecified atom stereocenters. The number of anilines is 1. The summed E-state index contributed by atoms with van der Waals surface area (Å²) >= 11 is 3.08. The third-order valence-electron chi connectivity index (χ3n) is 4.19. The van der Waals surface area contributed by atoms with Crippen LogP contribution >= 0.6 is 23.1 Å². The summed E-state index contributed by atoms with van der Waals surface area (Å²) in [7, 11) is 0. The van der Waals surface area contributed by atoms with Crippen molar-refractivity contribution in [1.29, 1.82) is 0 Å². The highest BCUT2D eigenvalue weighted by atomic mass is 32.2. The van der Waals surface area contributed by atoms with Gasteiger partial charge in [0.2, 0.25) is 11.8 Å². The average Bonchev–Trinajstić information content (AvgIpc) is 3.28. The fourth-order valence-corrected chi connectivity index (χ4v) is 4.55. The Bertz CT molecular complexity index is 929. The second-order valence-corrected chi connectivity index (χ2v) is 10.6. The van der Waals surface area contributed by atoms with E-state index in [0.29, 0.717) is 23.2 Å². The summed E-state index contributed by atoms with van der Waals surface area (Å²) in [6.45, 7) is 8.47. The minimum absolute atomic E-state index is 0.0146. The lowest BCUT2D eigenvalue weighted by Crippen LogP contribution is -2.22. The monoisotopic (exact) mass is 429 g/mol. The summed E-state index contributed by atoms with van der Waals surface area (Å²) in [4.78, 5) is 21.1. The molecule has 1 N–H and O–H groups in total. The van der Waals surface area contributed by atoms with Gasteiger partial charge in [0.25, 0.3) is 0 Å². The first-order valence-corrected chi connectivity index (χ1v) is 11.5. The Labute approximate surface area is 180 Å². The zero-order valence-electron chi connectivity index (χ0n) is 17.3. The molecule has 0 aliphatic heterocycles. The van der Waals surface area contributed by atoms with Crippen molar-refractivity contribution in [1.82, 2.24) is 9.97 Å². The molecule has 0 spiro atoms. The van der Waals surface area contributed by atoms with E-state index in [1.807, 2.05) is 43.5 Å². The summed E-state index contributed by atoms with van der Waals surface area (Å²) < 4.78 is 6.84. The Morgan fingerprint density at radius 1 is 1.21 bits per heavy atom. The fourth-order valence-electron chi connectivity index (χ4n) is 2.82. The van der Waals surface area contributed by atoms with Crippen LogP contribution in [-0.2, 0) is 23.4 Å². The lowest BCUT2D eigenvalue weighted by molar-refractivity contribution is -0.119. The van der Waals surface area contributed by atoms with E-state index in [-0.39, 0.29) is 17.2 Å². The minimum atomic E-state index is -0.119. The van der Waals surface area contributed by atoms with Gasteiger partial charge in [0.1, 0.15) is 5.76 Å². The van der Waals surface area contributed by atoms with E-state index in [9.17, 15) is 4.79 Å². The molecule has 5 nitrogen and oxygen atoms in total. The van der Waals surface area contributed by atoms with Crippen LogP contribution in [0.4, 0.5) is 5.13 Å². The van der Waals surface area contributed by atoms with Crippen molar-refractivity contribution < 1.29 is 9.21 Å². The predicted molar refractivity (Wildman–Crippen MR) is 119 cm³/mol. The Kier molecular flexibility index (Phi) is 7.14. The van der Waals surface area contributed by atoms with Gasteiger partial charge in [0.15, 0.2) is 5.13 Å². The molecule has 0 aliphatic carbocycles. The van der Waals surface area contributed by atoms with E-state index in [1.54, 1.807) is 18.0 Å². The molecular weight excluding hydrogens is 402 g/mol. The molecule has 0 aliphatic rings. The van der Waals surface area contributed by atoms with Gasteiger partial charge >= 0.3 is 0 Å². The number of thiazole rings is 1. The van der Waals surface area contributed by atoms with Crippen LogP contribution in [0.1, 0.15) is 44.9 Å². The van der Waals surface area contributed by atoms with Gasteiger partial charge in [0.05, 0.1) is 22.4 Å². The molecule has 3 aromatic rings. The van der Waals surface area contributed by atoms with E-state index in [4.69, 9.17) is 4.42 Å². The third-order valence-corrected chi connectivity index (χ3v) is 6.28. The summed E-state index contributed by atoms with van der Waals surface area (Å²) in [6.07, 6.45) is 5.17. The van der Waals surface area contributed by atoms with Crippen LogP contribution in [0.25, 0.3) is 0 Å². The molecule has 154 valence electrons. The van der Waals surface area contributed by atoms with Gasteiger partial charge in [-0.2, -0.15) is 0 Å². The average molecular weight is 430 g/mol. The smallest absolute Gasteiger partial charge is 0.229 e. The molecule has 3 rings (SSSR count). The second-order valence-electron chi connectivity index (χ2n) is 8.31. The van der Waals surface area contributed by atoms with Crippen molar-refractivity contribution in [3.05, 3.63) is 59.9 Å². The maximum atomic E-state index is 12.4. The Balaban J connectivity index is 1.48. The van der Waals surface area contributed by atoms with Gasteiger partial charge in [0, 0.05) is 12.3 Å². The summed E-state index contributed by atoms with van der Waals surface area (Å²) in [6, 6.07) is 10.0. The topological polar surface area (TPSA) is 68.0 Å². The summed E-state index contributed by atoms with van der Waals surface area (Å²) in [5, 5.41) is 3.55. The molecule has 1 atom stereocenters. The fraction of sp³-hybridized carbons (Fsp3) is 0.409. The number of thioether (sulfide) groups is 1.